The van der Waals surface area contributed by atoms with E-state index in [4.69, 9.17) is 5.73 Å². The van der Waals surface area contributed by atoms with Crippen molar-refractivity contribution in [3.05, 3.63) is 28.3 Å². The van der Waals surface area contributed by atoms with Crippen LogP contribution >= 0.6 is 0 Å². The number of nitrogen functional groups attached to an aromatic ring is 1. The van der Waals surface area contributed by atoms with Crippen LogP contribution in [0.25, 0.3) is 0 Å². The molecule has 2 unspecified atom stereocenters. The van der Waals surface area contributed by atoms with Gasteiger partial charge in [0, 0.05) is 37.3 Å². The van der Waals surface area contributed by atoms with Crippen molar-refractivity contribution < 1.29 is 4.92 Å². The van der Waals surface area contributed by atoms with Crippen LogP contribution in [0.3, 0.4) is 0 Å². The number of non-ortho nitro benzene ring substituents is 1. The molecule has 0 radical (unpaired) electrons. The summed E-state index contributed by atoms with van der Waals surface area (Å²) in [5.41, 5.74) is 7.29. The lowest BCUT2D eigenvalue weighted by molar-refractivity contribution is -0.384. The summed E-state index contributed by atoms with van der Waals surface area (Å²) in [5, 5.41) is 14.1. The fourth-order valence-corrected chi connectivity index (χ4v) is 2.47. The Kier molecular flexibility index (Phi) is 3.38. The molecule has 0 aromatic heterocycles. The van der Waals surface area contributed by atoms with E-state index in [1.807, 2.05) is 0 Å². The van der Waals surface area contributed by atoms with Gasteiger partial charge in [0.05, 0.1) is 16.3 Å². The average Bonchev–Trinajstić information content (AvgIpc) is 2.27. The minimum absolute atomic E-state index is 0.0347. The molecule has 6 heteroatoms. The topological polar surface area (TPSA) is 84.4 Å². The predicted octanol–water partition coefficient (Wildman–Crippen LogP) is 1.36. The smallest absolute Gasteiger partial charge is 0.271 e. The van der Waals surface area contributed by atoms with Crippen molar-refractivity contribution in [2.75, 3.05) is 23.7 Å². The summed E-state index contributed by atoms with van der Waals surface area (Å²) in [6.45, 7) is 5.94. The van der Waals surface area contributed by atoms with Gasteiger partial charge in [-0.15, -0.1) is 0 Å². The lowest BCUT2D eigenvalue weighted by atomic mass is 10.1. The monoisotopic (exact) mass is 250 g/mol. The van der Waals surface area contributed by atoms with Crippen molar-refractivity contribution in [2.24, 2.45) is 0 Å². The molecule has 1 aromatic rings. The molecule has 0 amide bonds. The zero-order valence-corrected chi connectivity index (χ0v) is 10.6. The largest absolute Gasteiger partial charge is 0.397 e. The highest BCUT2D eigenvalue weighted by atomic mass is 16.6. The highest BCUT2D eigenvalue weighted by Gasteiger charge is 2.23. The summed E-state index contributed by atoms with van der Waals surface area (Å²) < 4.78 is 0. The van der Waals surface area contributed by atoms with Crippen LogP contribution in [0.5, 0.6) is 0 Å². The molecular formula is C12H18N4O2. The summed E-state index contributed by atoms with van der Waals surface area (Å²) in [6.07, 6.45) is 0. The third-order valence-electron chi connectivity index (χ3n) is 3.12. The maximum Gasteiger partial charge on any atom is 0.271 e. The lowest BCUT2D eigenvalue weighted by Crippen LogP contribution is -2.54. The molecule has 0 saturated carbocycles. The van der Waals surface area contributed by atoms with Crippen molar-refractivity contribution in [3.8, 4) is 0 Å². The number of benzene rings is 1. The van der Waals surface area contributed by atoms with E-state index >= 15 is 0 Å². The number of nitro groups is 1. The van der Waals surface area contributed by atoms with E-state index in [9.17, 15) is 10.1 Å². The molecule has 1 fully saturated rings. The van der Waals surface area contributed by atoms with Gasteiger partial charge in [0.2, 0.25) is 0 Å². The van der Waals surface area contributed by atoms with Crippen LogP contribution in [0.2, 0.25) is 0 Å². The fraction of sp³-hybridized carbons (Fsp3) is 0.500. The van der Waals surface area contributed by atoms with Crippen LogP contribution < -0.4 is 16.0 Å². The SMILES string of the molecule is CC1CN(c2ccc([N+](=O)[O-])cc2N)CC(C)N1. The van der Waals surface area contributed by atoms with Crippen LogP contribution in [0, 0.1) is 10.1 Å². The molecule has 1 saturated heterocycles. The molecule has 18 heavy (non-hydrogen) atoms. The minimum atomic E-state index is -0.427. The maximum atomic E-state index is 10.7. The summed E-state index contributed by atoms with van der Waals surface area (Å²) >= 11 is 0. The number of rotatable bonds is 2. The van der Waals surface area contributed by atoms with Gasteiger partial charge in [0.25, 0.3) is 5.69 Å². The quantitative estimate of drug-likeness (QED) is 0.470. The number of nitro benzene ring substituents is 1. The first-order valence-electron chi connectivity index (χ1n) is 6.02. The van der Waals surface area contributed by atoms with Crippen molar-refractivity contribution in [1.29, 1.82) is 0 Å². The fourth-order valence-electron chi connectivity index (χ4n) is 2.47. The van der Waals surface area contributed by atoms with E-state index in [-0.39, 0.29) is 5.69 Å². The normalized spacial score (nSPS) is 24.0. The molecule has 1 aliphatic heterocycles. The summed E-state index contributed by atoms with van der Waals surface area (Å²) in [7, 11) is 0. The van der Waals surface area contributed by atoms with Gasteiger partial charge in [0.1, 0.15) is 0 Å². The van der Waals surface area contributed by atoms with Gasteiger partial charge < -0.3 is 16.0 Å². The lowest BCUT2D eigenvalue weighted by Gasteiger charge is -2.38. The van der Waals surface area contributed by atoms with Gasteiger partial charge in [-0.05, 0) is 19.9 Å². The van der Waals surface area contributed by atoms with Gasteiger partial charge in [-0.2, -0.15) is 0 Å². The Morgan fingerprint density at radius 2 is 2.00 bits per heavy atom. The Balaban J connectivity index is 2.25. The van der Waals surface area contributed by atoms with Gasteiger partial charge in [0.15, 0.2) is 0 Å². The summed E-state index contributed by atoms with van der Waals surface area (Å²) in [6, 6.07) is 5.42. The number of hydrogen-bond donors (Lipinski definition) is 2. The number of anilines is 2. The third-order valence-corrected chi connectivity index (χ3v) is 3.12. The van der Waals surface area contributed by atoms with E-state index < -0.39 is 4.92 Å². The number of nitrogens with one attached hydrogen (secondary N) is 1. The van der Waals surface area contributed by atoms with Gasteiger partial charge >= 0.3 is 0 Å². The highest BCUT2D eigenvalue weighted by molar-refractivity contribution is 5.71. The van der Waals surface area contributed by atoms with E-state index in [0.717, 1.165) is 18.8 Å². The van der Waals surface area contributed by atoms with Crippen molar-refractivity contribution in [1.82, 2.24) is 5.32 Å². The average molecular weight is 250 g/mol. The second kappa shape index (κ2) is 4.81. The molecular weight excluding hydrogens is 232 g/mol. The minimum Gasteiger partial charge on any atom is -0.397 e. The Hall–Kier alpha value is -1.82. The third kappa shape index (κ3) is 2.53. The predicted molar refractivity (Wildman–Crippen MR) is 71.8 cm³/mol. The Labute approximate surface area is 106 Å². The molecule has 0 spiro atoms. The zero-order chi connectivity index (χ0) is 13.3. The van der Waals surface area contributed by atoms with E-state index in [1.165, 1.54) is 12.1 Å². The Morgan fingerprint density at radius 3 is 2.50 bits per heavy atom. The zero-order valence-electron chi connectivity index (χ0n) is 10.6. The molecule has 1 heterocycles. The van der Waals surface area contributed by atoms with Crippen LogP contribution in [-0.2, 0) is 0 Å². The first kappa shape index (κ1) is 12.6. The van der Waals surface area contributed by atoms with E-state index in [2.05, 4.69) is 24.1 Å². The van der Waals surface area contributed by atoms with E-state index in [0.29, 0.717) is 17.8 Å². The molecule has 2 rings (SSSR count). The van der Waals surface area contributed by atoms with Crippen LogP contribution in [0.4, 0.5) is 17.1 Å². The van der Waals surface area contributed by atoms with Crippen molar-refractivity contribution in [2.45, 2.75) is 25.9 Å². The maximum absolute atomic E-state index is 10.7. The molecule has 3 N–H and O–H groups in total. The first-order chi connectivity index (χ1) is 8.47. The molecule has 0 aliphatic carbocycles. The molecule has 0 bridgehead atoms. The molecule has 6 nitrogen and oxygen atoms in total. The van der Waals surface area contributed by atoms with Crippen LogP contribution in [0.15, 0.2) is 18.2 Å². The van der Waals surface area contributed by atoms with Gasteiger partial charge in [-0.25, -0.2) is 0 Å². The molecule has 2 atom stereocenters. The Bertz CT molecular complexity index is 453. The van der Waals surface area contributed by atoms with Crippen LogP contribution in [0.1, 0.15) is 13.8 Å². The standard InChI is InChI=1S/C12H18N4O2/c1-8-6-15(7-9(2)14-8)12-4-3-10(16(17)18)5-11(12)13/h3-5,8-9,14H,6-7,13H2,1-2H3. The summed E-state index contributed by atoms with van der Waals surface area (Å²) in [4.78, 5) is 12.4. The molecule has 98 valence electrons. The summed E-state index contributed by atoms with van der Waals surface area (Å²) in [5.74, 6) is 0. The second-order valence-electron chi connectivity index (χ2n) is 4.87. The Morgan fingerprint density at radius 1 is 1.39 bits per heavy atom. The number of hydrogen-bond acceptors (Lipinski definition) is 5. The van der Waals surface area contributed by atoms with Crippen molar-refractivity contribution >= 4 is 17.1 Å². The number of nitrogens with two attached hydrogens (primary N) is 1. The second-order valence-corrected chi connectivity index (χ2v) is 4.87. The first-order valence-corrected chi connectivity index (χ1v) is 6.02. The van der Waals surface area contributed by atoms with Crippen molar-refractivity contribution in [3.63, 3.8) is 0 Å². The van der Waals surface area contributed by atoms with Crippen LogP contribution in [-0.4, -0.2) is 30.1 Å². The number of nitrogens with zero attached hydrogens (tertiary/aromatic N) is 2. The number of piperazine rings is 1. The van der Waals surface area contributed by atoms with Gasteiger partial charge in [-0.1, -0.05) is 0 Å². The van der Waals surface area contributed by atoms with E-state index in [1.54, 1.807) is 6.07 Å². The van der Waals surface area contributed by atoms with Gasteiger partial charge in [-0.3, -0.25) is 10.1 Å². The molecule has 1 aliphatic rings. The highest BCUT2D eigenvalue weighted by Crippen LogP contribution is 2.28. The molecule has 1 aromatic carbocycles.